The van der Waals surface area contributed by atoms with Gasteiger partial charge in [0.1, 0.15) is 4.21 Å². The van der Waals surface area contributed by atoms with E-state index in [4.69, 9.17) is 0 Å². The normalized spacial score (nSPS) is 27.7. The second-order valence-electron chi connectivity index (χ2n) is 10.8. The summed E-state index contributed by atoms with van der Waals surface area (Å²) >= 11 is 1.15. The van der Waals surface area contributed by atoms with Gasteiger partial charge in [0.15, 0.2) is 5.60 Å². The predicted molar refractivity (Wildman–Crippen MR) is 147 cm³/mol. The van der Waals surface area contributed by atoms with Crippen molar-refractivity contribution in [3.63, 3.8) is 0 Å². The number of hydrogen-bond acceptors (Lipinski definition) is 8. The molecule has 0 bridgehead atoms. The number of alkyl halides is 3. The van der Waals surface area contributed by atoms with Crippen molar-refractivity contribution in [2.45, 2.75) is 47.8 Å². The molecule has 1 aliphatic carbocycles. The molecular weight excluding hydrogens is 575 g/mol. The van der Waals surface area contributed by atoms with Gasteiger partial charge < -0.3 is 10.0 Å². The number of thiophene rings is 1. The van der Waals surface area contributed by atoms with Crippen molar-refractivity contribution in [2.75, 3.05) is 49.1 Å². The van der Waals surface area contributed by atoms with Crippen LogP contribution in [0.5, 0.6) is 0 Å². The lowest BCUT2D eigenvalue weighted by Gasteiger charge is -2.50. The fourth-order valence-corrected chi connectivity index (χ4v) is 9.86. The molecule has 3 aliphatic rings. The first-order valence-electron chi connectivity index (χ1n) is 12.9. The summed E-state index contributed by atoms with van der Waals surface area (Å²) in [5.74, 6) is 0.952. The van der Waals surface area contributed by atoms with Crippen LogP contribution in [0.15, 0.2) is 46.0 Å². The highest BCUT2D eigenvalue weighted by atomic mass is 32.3. The molecule has 1 aromatic heterocycles. The maximum Gasteiger partial charge on any atom is 0.421 e. The molecule has 1 aromatic carbocycles. The lowest BCUT2D eigenvalue weighted by Crippen LogP contribution is -2.61. The molecule has 0 amide bonds. The van der Waals surface area contributed by atoms with Crippen molar-refractivity contribution >= 4 is 37.6 Å². The summed E-state index contributed by atoms with van der Waals surface area (Å²) in [6.45, 7) is 2.42. The second kappa shape index (κ2) is 10.5. The van der Waals surface area contributed by atoms with Gasteiger partial charge in [-0.3, -0.25) is 14.0 Å². The van der Waals surface area contributed by atoms with Crippen LogP contribution in [0.4, 0.5) is 18.9 Å². The molecule has 14 heteroatoms. The molecule has 2 saturated heterocycles. The first-order valence-corrected chi connectivity index (χ1v) is 17.1. The van der Waals surface area contributed by atoms with Gasteiger partial charge in [-0.15, -0.1) is 11.3 Å². The average molecular weight is 610 g/mol. The average Bonchev–Trinajstić information content (AvgIpc) is 3.56. The molecule has 0 spiro atoms. The van der Waals surface area contributed by atoms with Crippen LogP contribution in [0.1, 0.15) is 25.3 Å². The van der Waals surface area contributed by atoms with Crippen LogP contribution in [-0.2, 0) is 15.6 Å². The maximum absolute atomic E-state index is 13.4. The van der Waals surface area contributed by atoms with Crippen molar-refractivity contribution in [3.05, 3.63) is 47.3 Å². The maximum atomic E-state index is 13.4. The Morgan fingerprint density at radius 2 is 1.77 bits per heavy atom. The number of benzene rings is 1. The highest BCUT2D eigenvalue weighted by molar-refractivity contribution is 8.24. The second-order valence-corrected chi connectivity index (χ2v) is 16.3. The van der Waals surface area contributed by atoms with Crippen molar-refractivity contribution in [1.29, 1.82) is 0 Å². The molecule has 3 atom stereocenters. The van der Waals surface area contributed by atoms with E-state index < -0.39 is 32.4 Å². The topological polar surface area (TPSA) is 105 Å². The zero-order chi connectivity index (χ0) is 28.2. The van der Waals surface area contributed by atoms with Gasteiger partial charge in [0, 0.05) is 44.5 Å². The highest BCUT2D eigenvalue weighted by Crippen LogP contribution is 2.49. The molecule has 3 heterocycles. The van der Waals surface area contributed by atoms with Crippen molar-refractivity contribution in [2.24, 2.45) is 5.92 Å². The highest BCUT2D eigenvalue weighted by Gasteiger charge is 2.51. The van der Waals surface area contributed by atoms with Gasteiger partial charge in [0.25, 0.3) is 10.0 Å². The number of anilines is 1. The Kier molecular flexibility index (Phi) is 7.81. The van der Waals surface area contributed by atoms with Crippen LogP contribution in [0.3, 0.4) is 0 Å². The first kappa shape index (κ1) is 29.1. The number of nitrogens with zero attached hydrogens (tertiary/aromatic N) is 3. The molecule has 5 rings (SSSR count). The fourth-order valence-electron chi connectivity index (χ4n) is 5.52. The third-order valence-electron chi connectivity index (χ3n) is 8.07. The van der Waals surface area contributed by atoms with E-state index in [1.807, 2.05) is 4.90 Å². The van der Waals surface area contributed by atoms with E-state index >= 15 is 0 Å². The van der Waals surface area contributed by atoms with E-state index in [1.165, 1.54) is 28.6 Å². The number of aliphatic hydroxyl groups is 1. The van der Waals surface area contributed by atoms with Gasteiger partial charge in [-0.1, -0.05) is 18.2 Å². The zero-order valence-corrected chi connectivity index (χ0v) is 23.9. The molecule has 3 fully saturated rings. The van der Waals surface area contributed by atoms with Gasteiger partial charge in [0.2, 0.25) is 0 Å². The SMILES string of the molecule is C[C@](O)(c1ccc(N2CCN(S(=O)(=O)c3cccs3)C[C@@H]2CN2CCS(O)(O)C[C@@H]2C2CC2)cc1)C(F)(F)F. The molecule has 2 aromatic rings. The Bertz CT molecular complexity index is 1250. The number of sulfonamides is 1. The molecule has 2 aliphatic heterocycles. The Morgan fingerprint density at radius 3 is 2.36 bits per heavy atom. The van der Waals surface area contributed by atoms with Crippen LogP contribution >= 0.6 is 21.9 Å². The summed E-state index contributed by atoms with van der Waals surface area (Å²) < 4.78 is 89.3. The van der Waals surface area contributed by atoms with Crippen LogP contribution in [0, 0.1) is 5.92 Å². The lowest BCUT2D eigenvalue weighted by molar-refractivity contribution is -0.258. The fraction of sp³-hybridized carbons (Fsp3) is 0.600. The Labute approximate surface area is 232 Å². The Morgan fingerprint density at radius 1 is 1.08 bits per heavy atom. The standard InChI is InChI=1S/C25H34F3N3O5S3/c1-24(32,25(26,27)28)19-6-8-20(9-7-19)31-11-10-30(39(35,36)23-3-2-13-37-23)16-21(31)15-29-12-14-38(33,34)17-22(29)18-4-5-18/h2-3,6-9,13,18,21-22,32-34H,4-5,10-12,14-17H2,1H3/t21-,22+,24-/m0/s1. The number of rotatable bonds is 7. The van der Waals surface area contributed by atoms with Gasteiger partial charge in [-0.05, 0) is 54.8 Å². The Balaban J connectivity index is 1.42. The minimum atomic E-state index is -4.83. The third kappa shape index (κ3) is 5.98. The molecule has 1 saturated carbocycles. The largest absolute Gasteiger partial charge is 0.421 e. The van der Waals surface area contributed by atoms with Crippen molar-refractivity contribution < 1.29 is 35.8 Å². The summed E-state index contributed by atoms with van der Waals surface area (Å²) in [4.78, 5) is 4.25. The van der Waals surface area contributed by atoms with Gasteiger partial charge in [0.05, 0.1) is 17.5 Å². The minimum absolute atomic E-state index is 0.000798. The summed E-state index contributed by atoms with van der Waals surface area (Å²) in [6, 6.07) is 8.55. The molecule has 8 nitrogen and oxygen atoms in total. The minimum Gasteiger partial charge on any atom is -0.376 e. The van der Waals surface area contributed by atoms with E-state index in [9.17, 15) is 35.8 Å². The van der Waals surface area contributed by atoms with Crippen LogP contribution < -0.4 is 4.90 Å². The summed E-state index contributed by atoms with van der Waals surface area (Å²) in [5.41, 5.74) is -2.63. The molecule has 0 radical (unpaired) electrons. The van der Waals surface area contributed by atoms with E-state index in [2.05, 4.69) is 4.90 Å². The molecular formula is C25H34F3N3O5S3. The molecule has 3 N–H and O–H groups in total. The number of halogens is 3. The zero-order valence-electron chi connectivity index (χ0n) is 21.5. The summed E-state index contributed by atoms with van der Waals surface area (Å²) in [6.07, 6.45) is -2.80. The predicted octanol–water partition coefficient (Wildman–Crippen LogP) is 4.24. The summed E-state index contributed by atoms with van der Waals surface area (Å²) in [5, 5.41) is 11.8. The third-order valence-corrected chi connectivity index (χ3v) is 13.0. The quantitative estimate of drug-likeness (QED) is 0.432. The first-order chi connectivity index (χ1) is 18.2. The summed E-state index contributed by atoms with van der Waals surface area (Å²) in [7, 11) is -6.35. The van der Waals surface area contributed by atoms with E-state index in [1.54, 1.807) is 17.5 Å². The number of piperazine rings is 1. The van der Waals surface area contributed by atoms with Gasteiger partial charge in [-0.2, -0.15) is 28.1 Å². The van der Waals surface area contributed by atoms with Crippen LogP contribution in [0.25, 0.3) is 0 Å². The molecule has 39 heavy (non-hydrogen) atoms. The monoisotopic (exact) mass is 609 g/mol. The lowest BCUT2D eigenvalue weighted by atomic mass is 9.95. The van der Waals surface area contributed by atoms with Gasteiger partial charge in [-0.25, -0.2) is 8.42 Å². The van der Waals surface area contributed by atoms with E-state index in [-0.39, 0.29) is 40.7 Å². The van der Waals surface area contributed by atoms with Crippen LogP contribution in [0.2, 0.25) is 0 Å². The van der Waals surface area contributed by atoms with E-state index in [0.29, 0.717) is 37.0 Å². The van der Waals surface area contributed by atoms with E-state index in [0.717, 1.165) is 31.1 Å². The smallest absolute Gasteiger partial charge is 0.376 e. The van der Waals surface area contributed by atoms with Gasteiger partial charge >= 0.3 is 6.18 Å². The molecule has 0 unspecified atom stereocenters. The molecule has 218 valence electrons. The Hall–Kier alpha value is -1.39. The van der Waals surface area contributed by atoms with Crippen molar-refractivity contribution in [3.8, 4) is 0 Å². The van der Waals surface area contributed by atoms with Crippen molar-refractivity contribution in [1.82, 2.24) is 9.21 Å². The van der Waals surface area contributed by atoms with Crippen LogP contribution in [-0.4, -0.2) is 94.3 Å². The number of hydrogen-bond donors (Lipinski definition) is 3.